The number of carboxylic acids is 1. The Labute approximate surface area is 123 Å². The minimum atomic E-state index is -1.17. The second-order valence-electron chi connectivity index (χ2n) is 5.80. The first kappa shape index (κ1) is 15.8. The van der Waals surface area contributed by atoms with Crippen molar-refractivity contribution in [2.75, 3.05) is 13.2 Å². The van der Waals surface area contributed by atoms with Gasteiger partial charge in [0.2, 0.25) is 11.8 Å². The van der Waals surface area contributed by atoms with E-state index >= 15 is 0 Å². The quantitative estimate of drug-likeness (QED) is 0.626. The van der Waals surface area contributed by atoms with Crippen molar-refractivity contribution in [1.82, 2.24) is 10.2 Å². The van der Waals surface area contributed by atoms with E-state index in [2.05, 4.69) is 5.32 Å². The van der Waals surface area contributed by atoms with Crippen LogP contribution in [0.1, 0.15) is 38.5 Å². The van der Waals surface area contributed by atoms with Gasteiger partial charge in [-0.1, -0.05) is 12.8 Å². The molecule has 2 aliphatic rings. The average molecular weight is 298 g/mol. The van der Waals surface area contributed by atoms with Gasteiger partial charge in [-0.15, -0.1) is 0 Å². The summed E-state index contributed by atoms with van der Waals surface area (Å²) < 4.78 is 0. The van der Waals surface area contributed by atoms with Crippen LogP contribution >= 0.6 is 0 Å². The Bertz CT molecular complexity index is 420. The van der Waals surface area contributed by atoms with E-state index in [1.165, 1.54) is 0 Å². The summed E-state index contributed by atoms with van der Waals surface area (Å²) in [4.78, 5) is 36.9. The van der Waals surface area contributed by atoms with E-state index in [0.29, 0.717) is 6.54 Å². The number of carbonyl (C=O) groups excluding carboxylic acids is 2. The number of carbonyl (C=O) groups is 3. The van der Waals surface area contributed by atoms with E-state index in [-0.39, 0.29) is 31.4 Å². The molecule has 0 aromatic rings. The fourth-order valence-electron chi connectivity index (χ4n) is 3.15. The van der Waals surface area contributed by atoms with Crippen LogP contribution < -0.4 is 5.32 Å². The predicted octanol–water partition coefficient (Wildman–Crippen LogP) is -0.271. The molecule has 1 heterocycles. The number of hydrogen-bond acceptors (Lipinski definition) is 4. The molecule has 21 heavy (non-hydrogen) atoms. The van der Waals surface area contributed by atoms with E-state index in [9.17, 15) is 14.4 Å². The molecule has 2 rings (SSSR count). The lowest BCUT2D eigenvalue weighted by Gasteiger charge is -2.24. The van der Waals surface area contributed by atoms with Crippen molar-refractivity contribution in [3.05, 3.63) is 0 Å². The Morgan fingerprint density at radius 2 is 2.00 bits per heavy atom. The van der Waals surface area contributed by atoms with Crippen molar-refractivity contribution >= 4 is 17.8 Å². The van der Waals surface area contributed by atoms with Crippen molar-refractivity contribution in [3.8, 4) is 0 Å². The maximum Gasteiger partial charge on any atom is 0.326 e. The number of aliphatic hydroxyl groups excluding tert-OH is 1. The summed E-state index contributed by atoms with van der Waals surface area (Å²) in [6.07, 6.45) is 4.32. The Kier molecular flexibility index (Phi) is 5.17. The molecule has 1 saturated heterocycles. The van der Waals surface area contributed by atoms with Gasteiger partial charge in [-0.2, -0.15) is 0 Å². The van der Waals surface area contributed by atoms with Crippen LogP contribution in [0.3, 0.4) is 0 Å². The summed E-state index contributed by atoms with van der Waals surface area (Å²) in [7, 11) is 0. The highest BCUT2D eigenvalue weighted by Crippen LogP contribution is 2.29. The molecule has 1 aliphatic carbocycles. The van der Waals surface area contributed by atoms with Crippen LogP contribution in [0.25, 0.3) is 0 Å². The number of carboxylic acid groups (broad SMARTS) is 1. The molecule has 2 amide bonds. The van der Waals surface area contributed by atoms with Crippen LogP contribution in [0.2, 0.25) is 0 Å². The Morgan fingerprint density at radius 3 is 2.57 bits per heavy atom. The summed E-state index contributed by atoms with van der Waals surface area (Å²) >= 11 is 0. The summed E-state index contributed by atoms with van der Waals surface area (Å²) in [6.45, 7) is 0.0653. The lowest BCUT2D eigenvalue weighted by molar-refractivity contribution is -0.142. The van der Waals surface area contributed by atoms with E-state index in [1.807, 2.05) is 0 Å². The third-order valence-corrected chi connectivity index (χ3v) is 4.33. The van der Waals surface area contributed by atoms with Gasteiger partial charge in [-0.3, -0.25) is 9.59 Å². The fourth-order valence-corrected chi connectivity index (χ4v) is 3.15. The van der Waals surface area contributed by atoms with Crippen molar-refractivity contribution < 1.29 is 24.6 Å². The molecule has 1 aliphatic heterocycles. The number of rotatable bonds is 6. The van der Waals surface area contributed by atoms with Crippen LogP contribution in [-0.2, 0) is 14.4 Å². The number of amides is 2. The fraction of sp³-hybridized carbons (Fsp3) is 0.786. The van der Waals surface area contributed by atoms with E-state index in [4.69, 9.17) is 10.2 Å². The standard InChI is InChI=1S/C14H22N2O5/c17-6-5-11(14(20)21)15-13(19)9-7-12(18)16(8-9)10-3-1-2-4-10/h9-11,17H,1-8H2,(H,15,19)(H,20,21)/t9?,11-/m1/s1. The molecule has 2 fully saturated rings. The molecule has 3 N–H and O–H groups in total. The van der Waals surface area contributed by atoms with Gasteiger partial charge in [0.1, 0.15) is 6.04 Å². The first-order valence-corrected chi connectivity index (χ1v) is 7.46. The molecule has 1 saturated carbocycles. The smallest absolute Gasteiger partial charge is 0.326 e. The van der Waals surface area contributed by atoms with Gasteiger partial charge in [0, 0.05) is 32.0 Å². The molecular weight excluding hydrogens is 276 g/mol. The Morgan fingerprint density at radius 1 is 1.33 bits per heavy atom. The number of hydrogen-bond donors (Lipinski definition) is 3. The van der Waals surface area contributed by atoms with Crippen LogP contribution in [0.4, 0.5) is 0 Å². The summed E-state index contributed by atoms with van der Waals surface area (Å²) in [6, 6.07) is -0.860. The summed E-state index contributed by atoms with van der Waals surface area (Å²) in [5.74, 6) is -2.09. The lowest BCUT2D eigenvalue weighted by Crippen LogP contribution is -2.45. The topological polar surface area (TPSA) is 107 Å². The van der Waals surface area contributed by atoms with Crippen LogP contribution in [0.5, 0.6) is 0 Å². The number of aliphatic carboxylic acids is 1. The van der Waals surface area contributed by atoms with Gasteiger partial charge in [0.05, 0.1) is 5.92 Å². The molecule has 0 spiro atoms. The normalized spacial score (nSPS) is 24.3. The van der Waals surface area contributed by atoms with Crippen LogP contribution in [-0.4, -0.2) is 58.1 Å². The number of nitrogens with zero attached hydrogens (tertiary/aromatic N) is 1. The number of aliphatic hydroxyl groups is 1. The second kappa shape index (κ2) is 6.89. The summed E-state index contributed by atoms with van der Waals surface area (Å²) in [5, 5.41) is 20.2. The van der Waals surface area contributed by atoms with E-state index < -0.39 is 23.8 Å². The van der Waals surface area contributed by atoms with Crippen molar-refractivity contribution in [2.24, 2.45) is 5.92 Å². The molecule has 118 valence electrons. The molecule has 2 atom stereocenters. The first-order valence-electron chi connectivity index (χ1n) is 7.46. The zero-order valence-electron chi connectivity index (χ0n) is 12.0. The van der Waals surface area contributed by atoms with E-state index in [1.54, 1.807) is 4.90 Å². The minimum absolute atomic E-state index is 0.0175. The zero-order valence-corrected chi connectivity index (χ0v) is 12.0. The molecule has 7 heteroatoms. The highest BCUT2D eigenvalue weighted by atomic mass is 16.4. The van der Waals surface area contributed by atoms with Gasteiger partial charge in [0.15, 0.2) is 0 Å². The Hall–Kier alpha value is -1.63. The van der Waals surface area contributed by atoms with Gasteiger partial charge in [-0.25, -0.2) is 4.79 Å². The van der Waals surface area contributed by atoms with Gasteiger partial charge < -0.3 is 20.4 Å². The van der Waals surface area contributed by atoms with Crippen molar-refractivity contribution in [1.29, 1.82) is 0 Å². The molecule has 0 aromatic heterocycles. The van der Waals surface area contributed by atoms with Crippen molar-refractivity contribution in [3.63, 3.8) is 0 Å². The summed E-state index contributed by atoms with van der Waals surface area (Å²) in [5.41, 5.74) is 0. The maximum atomic E-state index is 12.1. The predicted molar refractivity (Wildman–Crippen MR) is 73.3 cm³/mol. The van der Waals surface area contributed by atoms with Crippen LogP contribution in [0.15, 0.2) is 0 Å². The molecule has 0 bridgehead atoms. The molecule has 1 unspecified atom stereocenters. The van der Waals surface area contributed by atoms with E-state index in [0.717, 1.165) is 25.7 Å². The highest BCUT2D eigenvalue weighted by Gasteiger charge is 2.39. The first-order chi connectivity index (χ1) is 10.0. The van der Waals surface area contributed by atoms with Gasteiger partial charge >= 0.3 is 5.97 Å². The Balaban J connectivity index is 1.91. The SMILES string of the molecule is O=C(N[C@H](CCO)C(=O)O)C1CC(=O)N(C2CCCC2)C1. The minimum Gasteiger partial charge on any atom is -0.480 e. The average Bonchev–Trinajstić information content (AvgIpc) is 3.06. The monoisotopic (exact) mass is 298 g/mol. The third-order valence-electron chi connectivity index (χ3n) is 4.33. The lowest BCUT2D eigenvalue weighted by atomic mass is 10.1. The second-order valence-corrected chi connectivity index (χ2v) is 5.80. The largest absolute Gasteiger partial charge is 0.480 e. The molecular formula is C14H22N2O5. The van der Waals surface area contributed by atoms with Crippen molar-refractivity contribution in [2.45, 2.75) is 50.6 Å². The molecule has 0 aromatic carbocycles. The third kappa shape index (κ3) is 3.72. The zero-order chi connectivity index (χ0) is 15.4. The number of likely N-dealkylation sites (tertiary alicyclic amines) is 1. The molecule has 7 nitrogen and oxygen atoms in total. The highest BCUT2D eigenvalue weighted by molar-refractivity contribution is 5.91. The van der Waals surface area contributed by atoms with Crippen LogP contribution in [0, 0.1) is 5.92 Å². The number of nitrogens with one attached hydrogen (secondary N) is 1. The maximum absolute atomic E-state index is 12.1. The molecule has 0 radical (unpaired) electrons. The van der Waals surface area contributed by atoms with Gasteiger partial charge in [0.25, 0.3) is 0 Å². The van der Waals surface area contributed by atoms with Gasteiger partial charge in [-0.05, 0) is 12.8 Å².